The molecule has 0 spiro atoms. The van der Waals surface area contributed by atoms with Crippen LogP contribution < -0.4 is 25.2 Å². The Hall–Kier alpha value is -5.46. The van der Waals surface area contributed by atoms with E-state index in [4.69, 9.17) is 37.4 Å². The summed E-state index contributed by atoms with van der Waals surface area (Å²) >= 11 is 11.9. The van der Waals surface area contributed by atoms with Gasteiger partial charge in [-0.15, -0.1) is 16.7 Å². The highest BCUT2D eigenvalue weighted by Crippen LogP contribution is 2.26. The minimum absolute atomic E-state index is 0.0424. The van der Waals surface area contributed by atoms with Gasteiger partial charge in [0.15, 0.2) is 25.7 Å². The molecular formula is C31H32Cl2F3N9O10S2. The number of anilines is 1. The van der Waals surface area contributed by atoms with Crippen molar-refractivity contribution in [3.8, 4) is 17.4 Å². The molecule has 4 heterocycles. The van der Waals surface area contributed by atoms with E-state index in [1.807, 2.05) is 0 Å². The third-order valence-electron chi connectivity index (χ3n) is 7.40. The van der Waals surface area contributed by atoms with Gasteiger partial charge >= 0.3 is 24.2 Å². The van der Waals surface area contributed by atoms with Crippen molar-refractivity contribution < 1.29 is 53.8 Å². The third kappa shape index (κ3) is 10.1. The second-order valence-corrected chi connectivity index (χ2v) is 15.8. The molecule has 0 radical (unpaired) electrons. The Morgan fingerprint density at radius 1 is 1.00 bits per heavy atom. The lowest BCUT2D eigenvalue weighted by Crippen LogP contribution is -2.36. The van der Waals surface area contributed by atoms with Crippen molar-refractivity contribution in [3.63, 3.8) is 0 Å². The lowest BCUT2D eigenvalue weighted by Gasteiger charge is -2.12. The van der Waals surface area contributed by atoms with E-state index in [0.717, 1.165) is 16.5 Å². The molecule has 1 atom stereocenters. The highest BCUT2D eigenvalue weighted by molar-refractivity contribution is 7.93. The Balaban J connectivity index is 0.000000257. The first-order valence-electron chi connectivity index (χ1n) is 16.0. The first-order valence-corrected chi connectivity index (χ1v) is 20.0. The third-order valence-corrected chi connectivity index (χ3v) is 11.2. The van der Waals surface area contributed by atoms with Gasteiger partial charge in [0, 0.05) is 17.6 Å². The van der Waals surface area contributed by atoms with Gasteiger partial charge in [0.25, 0.3) is 10.0 Å². The summed E-state index contributed by atoms with van der Waals surface area (Å²) in [5.74, 6) is -2.49. The van der Waals surface area contributed by atoms with Crippen molar-refractivity contribution in [1.82, 2.24) is 38.4 Å². The number of halogens is 5. The predicted octanol–water partition coefficient (Wildman–Crippen LogP) is 3.69. The fourth-order valence-corrected chi connectivity index (χ4v) is 7.89. The van der Waals surface area contributed by atoms with Gasteiger partial charge in [-0.2, -0.15) is 31.8 Å². The molecule has 5 rings (SSSR count). The molecule has 1 aromatic carbocycles. The maximum absolute atomic E-state index is 14.2. The number of aryl methyl sites for hydroxylation is 1. The number of benzene rings is 1. The molecule has 4 aromatic heterocycles. The number of nitrogens with one attached hydrogen (secondary N) is 2. The normalized spacial score (nSPS) is 12.1. The van der Waals surface area contributed by atoms with E-state index in [1.165, 1.54) is 52.5 Å². The van der Waals surface area contributed by atoms with Gasteiger partial charge in [0.2, 0.25) is 17.7 Å². The van der Waals surface area contributed by atoms with E-state index in [2.05, 4.69) is 25.4 Å². The monoisotopic (exact) mass is 881 g/mol. The van der Waals surface area contributed by atoms with E-state index in [9.17, 15) is 44.4 Å². The number of hydrogen-bond donors (Lipinski definition) is 2. The standard InChI is InChI=1S/C16H18N6O7S2.C15H14Cl2F3N3O3/c1-4-30(24,25)13-14(22-8-6-5-7-10(22)17-13)31(26,27)21-16(23)20-15-18-11(28-2)9-12(19-15)29-3;1-3-26-13(24)10(17)4-8-5-12(11(18)6-9(8)16)23-15(25)22(14(19)20)7(2)21-23/h5-9H,4H2,1-3H3,(H2,18,19,20,21,23);5-6,10,14H,3-4H2,1-2H3. The zero-order chi connectivity index (χ0) is 42.4. The van der Waals surface area contributed by atoms with Crippen LogP contribution >= 0.6 is 23.2 Å². The van der Waals surface area contributed by atoms with Crippen molar-refractivity contribution in [3.05, 3.63) is 75.3 Å². The number of methoxy groups -OCH3 is 2. The van der Waals surface area contributed by atoms with Crippen LogP contribution in [0.3, 0.4) is 0 Å². The molecule has 5 aromatic rings. The van der Waals surface area contributed by atoms with Gasteiger partial charge < -0.3 is 14.2 Å². The fourth-order valence-electron chi connectivity index (χ4n) is 4.77. The van der Waals surface area contributed by atoms with Crippen molar-refractivity contribution in [2.24, 2.45) is 0 Å². The molecule has 0 aliphatic heterocycles. The lowest BCUT2D eigenvalue weighted by molar-refractivity contribution is -0.142. The summed E-state index contributed by atoms with van der Waals surface area (Å²) < 4.78 is 109. The summed E-state index contributed by atoms with van der Waals surface area (Å²) in [5, 5.41) is 3.30. The van der Waals surface area contributed by atoms with Crippen LogP contribution in [0, 0.1) is 12.7 Å². The maximum Gasteiger partial charge on any atom is 0.355 e. The number of aromatic nitrogens is 7. The number of sulfone groups is 1. The topological polar surface area (TPSA) is 237 Å². The number of amides is 2. The van der Waals surface area contributed by atoms with E-state index < -0.39 is 65.3 Å². The summed E-state index contributed by atoms with van der Waals surface area (Å²) in [4.78, 5) is 47.7. The summed E-state index contributed by atoms with van der Waals surface area (Å²) in [6.07, 6.45) is 1.20. The average molecular weight is 883 g/mol. The van der Waals surface area contributed by atoms with Gasteiger partial charge in [-0.3, -0.25) is 14.5 Å². The van der Waals surface area contributed by atoms with Crippen molar-refractivity contribution in [2.45, 2.75) is 49.2 Å². The first-order chi connectivity index (χ1) is 26.8. The van der Waals surface area contributed by atoms with Crippen molar-refractivity contribution >= 4 is 66.7 Å². The van der Waals surface area contributed by atoms with Crippen LogP contribution in [0.5, 0.6) is 11.8 Å². The smallest absolute Gasteiger partial charge is 0.355 e. The van der Waals surface area contributed by atoms with Gasteiger partial charge in [-0.25, -0.2) is 36.7 Å². The first kappa shape index (κ1) is 44.3. The number of alkyl halides is 3. The van der Waals surface area contributed by atoms with Gasteiger partial charge in [0.1, 0.15) is 22.5 Å². The summed E-state index contributed by atoms with van der Waals surface area (Å²) in [7, 11) is -6.04. The Morgan fingerprint density at radius 3 is 2.21 bits per heavy atom. The molecule has 0 aliphatic carbocycles. The van der Waals surface area contributed by atoms with Crippen LogP contribution in [0.15, 0.2) is 57.4 Å². The molecule has 57 heavy (non-hydrogen) atoms. The van der Waals surface area contributed by atoms with E-state index in [-0.39, 0.29) is 68.8 Å². The second kappa shape index (κ2) is 18.2. The molecule has 0 saturated carbocycles. The molecule has 26 heteroatoms. The minimum Gasteiger partial charge on any atom is -0.481 e. The number of esters is 1. The predicted molar refractivity (Wildman–Crippen MR) is 196 cm³/mol. The number of sulfonamides is 1. The summed E-state index contributed by atoms with van der Waals surface area (Å²) in [6.45, 7) is 1.16. The molecule has 0 bridgehead atoms. The maximum atomic E-state index is 14.2. The Kier molecular flexibility index (Phi) is 14.1. The van der Waals surface area contributed by atoms with Gasteiger partial charge in [0.05, 0.1) is 32.6 Å². The SMILES string of the molecule is CCOC(=O)C(Cl)Cc1cc(-n2nc(C)n(C(F)F)c2=O)c(F)cc1Cl.CCS(=O)(=O)c1nc2ccccn2c1S(=O)(=O)NC(=O)Nc1nc(OC)cc(OC)n1. The highest BCUT2D eigenvalue weighted by atomic mass is 35.5. The van der Waals surface area contributed by atoms with E-state index in [1.54, 1.807) is 17.7 Å². The van der Waals surface area contributed by atoms with Crippen molar-refractivity contribution in [1.29, 1.82) is 0 Å². The molecule has 0 saturated heterocycles. The molecular weight excluding hydrogens is 850 g/mol. The number of imidazole rings is 1. The number of urea groups is 1. The van der Waals surface area contributed by atoms with Crippen LogP contribution in [-0.2, 0) is 35.8 Å². The van der Waals surface area contributed by atoms with E-state index in [0.29, 0.717) is 4.68 Å². The zero-order valence-corrected chi connectivity index (χ0v) is 33.4. The number of rotatable bonds is 13. The minimum atomic E-state index is -4.68. The van der Waals surface area contributed by atoms with Gasteiger partial charge in [-0.1, -0.05) is 24.6 Å². The number of hydrogen-bond acceptors (Lipinski definition) is 14. The summed E-state index contributed by atoms with van der Waals surface area (Å²) in [6, 6.07) is 6.63. The molecule has 19 nitrogen and oxygen atoms in total. The molecule has 0 fully saturated rings. The molecule has 2 N–H and O–H groups in total. The molecule has 308 valence electrons. The van der Waals surface area contributed by atoms with Crippen LogP contribution in [0.25, 0.3) is 11.3 Å². The number of ether oxygens (including phenoxy) is 3. The van der Waals surface area contributed by atoms with Crippen LogP contribution in [0.4, 0.5) is 23.9 Å². The molecule has 2 amide bonds. The molecule has 0 aliphatic rings. The molecule has 1 unspecified atom stereocenters. The number of carbonyl (C=O) groups is 2. The number of fused-ring (bicyclic) bond motifs is 1. The zero-order valence-electron chi connectivity index (χ0n) is 30.2. The van der Waals surface area contributed by atoms with Crippen molar-refractivity contribution in [2.75, 3.05) is 31.9 Å². The van der Waals surface area contributed by atoms with Crippen LogP contribution in [-0.4, -0.2) is 94.5 Å². The lowest BCUT2D eigenvalue weighted by atomic mass is 10.1. The Bertz CT molecular complexity index is 2570. The summed E-state index contributed by atoms with van der Waals surface area (Å²) in [5.41, 5.74) is -1.29. The van der Waals surface area contributed by atoms with Crippen LogP contribution in [0.2, 0.25) is 5.02 Å². The fraction of sp³-hybridized carbons (Fsp3) is 0.323. The number of pyridine rings is 1. The Labute approximate surface area is 331 Å². The number of nitrogens with zero attached hydrogens (tertiary/aromatic N) is 7. The Morgan fingerprint density at radius 2 is 1.65 bits per heavy atom. The van der Waals surface area contributed by atoms with Crippen LogP contribution in [0.1, 0.15) is 31.8 Å². The van der Waals surface area contributed by atoms with E-state index >= 15 is 0 Å². The highest BCUT2D eigenvalue weighted by Gasteiger charge is 2.33. The second-order valence-electron chi connectivity index (χ2n) is 11.1. The number of carbonyl (C=O) groups excluding carboxylic acids is 2. The average Bonchev–Trinajstić information content (AvgIpc) is 3.70. The largest absolute Gasteiger partial charge is 0.481 e. The quantitative estimate of drug-likeness (QED) is 0.127. The van der Waals surface area contributed by atoms with Gasteiger partial charge in [-0.05, 0) is 43.7 Å².